The van der Waals surface area contributed by atoms with Crippen molar-refractivity contribution >= 4 is 23.2 Å². The Kier molecular flexibility index (Phi) is 5.27. The van der Waals surface area contributed by atoms with Gasteiger partial charge in [-0.15, -0.1) is 0 Å². The van der Waals surface area contributed by atoms with Gasteiger partial charge in [0.25, 0.3) is 11.5 Å². The quantitative estimate of drug-likeness (QED) is 0.547. The molecule has 0 saturated heterocycles. The molecule has 7 heteroatoms. The van der Waals surface area contributed by atoms with Gasteiger partial charge in [0.15, 0.2) is 0 Å². The fourth-order valence-corrected chi connectivity index (χ4v) is 3.07. The van der Waals surface area contributed by atoms with Crippen molar-refractivity contribution in [2.24, 2.45) is 0 Å². The Morgan fingerprint density at radius 2 is 1.86 bits per heavy atom. The van der Waals surface area contributed by atoms with Crippen LogP contribution in [0.5, 0.6) is 0 Å². The number of rotatable bonds is 5. The summed E-state index contributed by atoms with van der Waals surface area (Å²) in [5, 5.41) is 7.67. The van der Waals surface area contributed by atoms with Gasteiger partial charge in [-0.1, -0.05) is 35.9 Å². The number of halogens is 1. The number of hydrogen-bond donors (Lipinski definition) is 1. The Balaban J connectivity index is 1.44. The standard InChI is InChI=1S/C22H17ClN4O2/c23-18-4-3-5-20(12-18)27-15-17(13-24-27)22(29)25-19-9-7-16(8-10-19)14-26-11-2-1-6-21(26)28/h1-13,15H,14H2,(H,25,29). The van der Waals surface area contributed by atoms with E-state index in [-0.39, 0.29) is 11.5 Å². The maximum atomic E-state index is 12.5. The second kappa shape index (κ2) is 8.16. The topological polar surface area (TPSA) is 68.9 Å². The second-order valence-electron chi connectivity index (χ2n) is 6.47. The summed E-state index contributed by atoms with van der Waals surface area (Å²) in [6.07, 6.45) is 4.90. The molecule has 0 aliphatic heterocycles. The molecule has 4 aromatic rings. The zero-order valence-corrected chi connectivity index (χ0v) is 16.1. The number of benzene rings is 2. The highest BCUT2D eigenvalue weighted by Gasteiger charge is 2.10. The van der Waals surface area contributed by atoms with E-state index in [1.807, 2.05) is 42.5 Å². The van der Waals surface area contributed by atoms with Crippen molar-refractivity contribution in [2.75, 3.05) is 5.32 Å². The van der Waals surface area contributed by atoms with Gasteiger partial charge >= 0.3 is 0 Å². The summed E-state index contributed by atoms with van der Waals surface area (Å²) in [6.45, 7) is 0.473. The first-order valence-corrected chi connectivity index (χ1v) is 9.33. The van der Waals surface area contributed by atoms with Crippen LogP contribution in [0.1, 0.15) is 15.9 Å². The lowest BCUT2D eigenvalue weighted by Crippen LogP contribution is -2.18. The summed E-state index contributed by atoms with van der Waals surface area (Å²) < 4.78 is 3.22. The maximum absolute atomic E-state index is 12.5. The molecule has 0 unspecified atom stereocenters. The van der Waals surface area contributed by atoms with Gasteiger partial charge in [0.2, 0.25) is 0 Å². The predicted molar refractivity (Wildman–Crippen MR) is 113 cm³/mol. The van der Waals surface area contributed by atoms with Crippen molar-refractivity contribution in [3.8, 4) is 5.69 Å². The Bertz CT molecular complexity index is 1210. The molecule has 144 valence electrons. The van der Waals surface area contributed by atoms with E-state index in [4.69, 9.17) is 11.6 Å². The first-order valence-electron chi connectivity index (χ1n) is 8.95. The number of nitrogens with zero attached hydrogens (tertiary/aromatic N) is 3. The van der Waals surface area contributed by atoms with Gasteiger partial charge in [0.1, 0.15) is 0 Å². The van der Waals surface area contributed by atoms with Gasteiger partial charge < -0.3 is 9.88 Å². The molecule has 0 aliphatic rings. The molecule has 0 saturated carbocycles. The van der Waals surface area contributed by atoms with Crippen molar-refractivity contribution in [1.82, 2.24) is 14.3 Å². The third-order valence-corrected chi connectivity index (χ3v) is 4.62. The average Bonchev–Trinajstić information content (AvgIpc) is 3.22. The maximum Gasteiger partial charge on any atom is 0.258 e. The Morgan fingerprint density at radius 3 is 2.62 bits per heavy atom. The second-order valence-corrected chi connectivity index (χ2v) is 6.91. The van der Waals surface area contributed by atoms with Crippen molar-refractivity contribution in [2.45, 2.75) is 6.54 Å². The number of hydrogen-bond acceptors (Lipinski definition) is 3. The van der Waals surface area contributed by atoms with Crippen LogP contribution >= 0.6 is 11.6 Å². The lowest BCUT2D eigenvalue weighted by Gasteiger charge is -2.07. The van der Waals surface area contributed by atoms with E-state index in [2.05, 4.69) is 10.4 Å². The van der Waals surface area contributed by atoms with E-state index in [1.54, 1.807) is 39.8 Å². The minimum Gasteiger partial charge on any atom is -0.322 e. The van der Waals surface area contributed by atoms with Crippen LogP contribution < -0.4 is 10.9 Å². The van der Waals surface area contributed by atoms with E-state index in [0.717, 1.165) is 11.3 Å². The Morgan fingerprint density at radius 1 is 1.03 bits per heavy atom. The molecule has 6 nitrogen and oxygen atoms in total. The smallest absolute Gasteiger partial charge is 0.258 e. The molecule has 1 amide bonds. The van der Waals surface area contributed by atoms with E-state index < -0.39 is 0 Å². The first kappa shape index (κ1) is 18.7. The zero-order chi connectivity index (χ0) is 20.2. The third-order valence-electron chi connectivity index (χ3n) is 4.38. The third kappa shape index (κ3) is 4.44. The lowest BCUT2D eigenvalue weighted by molar-refractivity contribution is 0.102. The van der Waals surface area contributed by atoms with Crippen LogP contribution in [0, 0.1) is 0 Å². The molecule has 2 heterocycles. The van der Waals surface area contributed by atoms with Gasteiger partial charge in [-0.25, -0.2) is 4.68 Å². The molecule has 0 fully saturated rings. The highest BCUT2D eigenvalue weighted by atomic mass is 35.5. The largest absolute Gasteiger partial charge is 0.322 e. The average molecular weight is 405 g/mol. The number of pyridine rings is 1. The van der Waals surface area contributed by atoms with Crippen LogP contribution in [0.2, 0.25) is 5.02 Å². The molecule has 29 heavy (non-hydrogen) atoms. The number of carbonyl (C=O) groups excluding carboxylic acids is 1. The van der Waals surface area contributed by atoms with Crippen LogP contribution in [0.15, 0.2) is 90.1 Å². The summed E-state index contributed by atoms with van der Waals surface area (Å²) in [5.74, 6) is -0.259. The van der Waals surface area contributed by atoms with Crippen LogP contribution in [0.25, 0.3) is 5.69 Å². The van der Waals surface area contributed by atoms with E-state index in [1.165, 1.54) is 12.3 Å². The van der Waals surface area contributed by atoms with Gasteiger partial charge in [-0.3, -0.25) is 9.59 Å². The number of anilines is 1. The number of aromatic nitrogens is 3. The SMILES string of the molecule is O=C(Nc1ccc(Cn2ccccc2=O)cc1)c1cnn(-c2cccc(Cl)c2)c1. The summed E-state index contributed by atoms with van der Waals surface area (Å²) in [5.41, 5.74) is 2.78. The minimum atomic E-state index is -0.259. The first-order chi connectivity index (χ1) is 14.1. The Labute approximate surface area is 172 Å². The minimum absolute atomic E-state index is 0.0541. The van der Waals surface area contributed by atoms with Crippen molar-refractivity contribution in [3.05, 3.63) is 112 Å². The normalized spacial score (nSPS) is 10.7. The van der Waals surface area contributed by atoms with Crippen LogP contribution in [0.4, 0.5) is 5.69 Å². The molecule has 1 N–H and O–H groups in total. The summed E-state index contributed by atoms with van der Waals surface area (Å²) in [4.78, 5) is 24.3. The summed E-state index contributed by atoms with van der Waals surface area (Å²) in [6, 6.07) is 19.7. The fourth-order valence-electron chi connectivity index (χ4n) is 2.88. The number of carbonyl (C=O) groups is 1. The molecule has 0 spiro atoms. The van der Waals surface area contributed by atoms with E-state index in [9.17, 15) is 9.59 Å². The molecule has 0 radical (unpaired) electrons. The highest BCUT2D eigenvalue weighted by Crippen LogP contribution is 2.16. The van der Waals surface area contributed by atoms with Crippen molar-refractivity contribution in [1.29, 1.82) is 0 Å². The van der Waals surface area contributed by atoms with Crippen LogP contribution in [0.3, 0.4) is 0 Å². The van der Waals surface area contributed by atoms with E-state index in [0.29, 0.717) is 22.8 Å². The van der Waals surface area contributed by atoms with Gasteiger partial charge in [-0.2, -0.15) is 5.10 Å². The van der Waals surface area contributed by atoms with Crippen LogP contribution in [-0.2, 0) is 6.54 Å². The van der Waals surface area contributed by atoms with Gasteiger partial charge in [-0.05, 0) is 42.0 Å². The Hall–Kier alpha value is -3.64. The molecular formula is C22H17ClN4O2. The zero-order valence-electron chi connectivity index (χ0n) is 15.3. The number of amides is 1. The van der Waals surface area contributed by atoms with Crippen molar-refractivity contribution < 1.29 is 4.79 Å². The fraction of sp³-hybridized carbons (Fsp3) is 0.0455. The van der Waals surface area contributed by atoms with Gasteiger partial charge in [0.05, 0.1) is 24.0 Å². The molecule has 0 bridgehead atoms. The van der Waals surface area contributed by atoms with E-state index >= 15 is 0 Å². The molecule has 2 aromatic heterocycles. The summed E-state index contributed by atoms with van der Waals surface area (Å²) >= 11 is 6.00. The lowest BCUT2D eigenvalue weighted by atomic mass is 10.2. The predicted octanol–water partition coefficient (Wildman–Crippen LogP) is 3.99. The van der Waals surface area contributed by atoms with Gasteiger partial charge in [0, 0.05) is 29.2 Å². The summed E-state index contributed by atoms with van der Waals surface area (Å²) in [7, 11) is 0. The number of nitrogens with one attached hydrogen (secondary N) is 1. The molecular weight excluding hydrogens is 388 g/mol. The van der Waals surface area contributed by atoms with Crippen molar-refractivity contribution in [3.63, 3.8) is 0 Å². The molecule has 0 atom stereocenters. The monoisotopic (exact) mass is 404 g/mol. The molecule has 4 rings (SSSR count). The van der Waals surface area contributed by atoms with Crippen LogP contribution in [-0.4, -0.2) is 20.3 Å². The molecule has 2 aromatic carbocycles. The molecule has 0 aliphatic carbocycles. The highest BCUT2D eigenvalue weighted by molar-refractivity contribution is 6.30.